The van der Waals surface area contributed by atoms with Crippen LogP contribution < -0.4 is 5.32 Å². The molecule has 6 heteroatoms. The molecule has 0 bridgehead atoms. The highest BCUT2D eigenvalue weighted by Crippen LogP contribution is 2.10. The van der Waals surface area contributed by atoms with Crippen LogP contribution in [0.5, 0.6) is 0 Å². The number of nitrogens with zero attached hydrogens (tertiary/aromatic N) is 2. The molecule has 0 unspecified atom stereocenters. The fourth-order valence-electron chi connectivity index (χ4n) is 1.21. The van der Waals surface area contributed by atoms with Gasteiger partial charge in [-0.3, -0.25) is 14.6 Å². The molecule has 0 radical (unpaired) electrons. The maximum Gasteiger partial charge on any atom is 0.253 e. The minimum Gasteiger partial charge on any atom is -0.343 e. The molecule has 0 aliphatic rings. The van der Waals surface area contributed by atoms with Gasteiger partial charge in [-0.15, -0.1) is 0 Å². The molecule has 1 amide bonds. The minimum atomic E-state index is -0.340. The molecule has 0 spiro atoms. The summed E-state index contributed by atoms with van der Waals surface area (Å²) in [5.74, 6) is -0.188. The molecule has 0 atom stereocenters. The molecule has 19 heavy (non-hydrogen) atoms. The van der Waals surface area contributed by atoms with Crippen LogP contribution in [0.15, 0.2) is 12.3 Å². The van der Waals surface area contributed by atoms with Gasteiger partial charge in [0.1, 0.15) is 6.07 Å². The number of aryl methyl sites for hydroxylation is 1. The number of hydrogen-bond donors (Lipinski definition) is 1. The first kappa shape index (κ1) is 15.2. The predicted molar refractivity (Wildman–Crippen MR) is 73.5 cm³/mol. The molecular weight excluding hydrogens is 262 g/mol. The maximum atomic E-state index is 11.8. The van der Waals surface area contributed by atoms with Gasteiger partial charge in [0, 0.05) is 12.1 Å². The summed E-state index contributed by atoms with van der Waals surface area (Å²) in [4.78, 5) is 27.1. The van der Waals surface area contributed by atoms with E-state index >= 15 is 0 Å². The van der Waals surface area contributed by atoms with Crippen LogP contribution in [-0.2, 0) is 4.79 Å². The smallest absolute Gasteiger partial charge is 0.253 e. The Balaban J connectivity index is 2.60. The van der Waals surface area contributed by atoms with E-state index in [1.807, 2.05) is 6.07 Å². The predicted octanol–water partition coefficient (Wildman–Crippen LogP) is 1.86. The SMILES string of the molecule is Cc1ncc(C(=O)NCSC(=O)C(C)C)cc1C#N. The highest BCUT2D eigenvalue weighted by Gasteiger charge is 2.11. The Labute approximate surface area is 116 Å². The molecule has 1 N–H and O–H groups in total. The Bertz CT molecular complexity index is 535. The fourth-order valence-corrected chi connectivity index (χ4v) is 1.89. The zero-order valence-corrected chi connectivity index (χ0v) is 11.9. The first-order valence-corrected chi connectivity index (χ1v) is 6.76. The monoisotopic (exact) mass is 277 g/mol. The van der Waals surface area contributed by atoms with Gasteiger partial charge >= 0.3 is 0 Å². The van der Waals surface area contributed by atoms with Gasteiger partial charge in [0.15, 0.2) is 5.12 Å². The number of aromatic nitrogens is 1. The van der Waals surface area contributed by atoms with Crippen molar-refractivity contribution in [3.63, 3.8) is 0 Å². The van der Waals surface area contributed by atoms with Crippen LogP contribution in [-0.4, -0.2) is 21.9 Å². The van der Waals surface area contributed by atoms with Gasteiger partial charge in [0.2, 0.25) is 0 Å². The number of pyridine rings is 1. The minimum absolute atomic E-state index is 0.0278. The summed E-state index contributed by atoms with van der Waals surface area (Å²) >= 11 is 1.06. The van der Waals surface area contributed by atoms with Crippen molar-refractivity contribution >= 4 is 22.8 Å². The normalized spacial score (nSPS) is 10.1. The Hall–Kier alpha value is -1.87. The molecule has 0 aliphatic heterocycles. The standard InChI is InChI=1S/C13H15N3O2S/c1-8(2)13(18)19-7-16-12(17)11-4-10(5-14)9(3)15-6-11/h4,6,8H,7H2,1-3H3,(H,16,17). The van der Waals surface area contributed by atoms with Gasteiger partial charge in [-0.1, -0.05) is 25.6 Å². The number of thioether (sulfide) groups is 1. The van der Waals surface area contributed by atoms with Crippen LogP contribution >= 0.6 is 11.8 Å². The van der Waals surface area contributed by atoms with E-state index in [0.717, 1.165) is 11.8 Å². The maximum absolute atomic E-state index is 11.8. The van der Waals surface area contributed by atoms with Gasteiger partial charge in [-0.2, -0.15) is 5.26 Å². The van der Waals surface area contributed by atoms with E-state index in [0.29, 0.717) is 16.8 Å². The van der Waals surface area contributed by atoms with E-state index in [2.05, 4.69) is 10.3 Å². The summed E-state index contributed by atoms with van der Waals surface area (Å²) in [6.07, 6.45) is 1.42. The molecule has 0 saturated carbocycles. The fraction of sp³-hybridized carbons (Fsp3) is 0.385. The highest BCUT2D eigenvalue weighted by molar-refractivity contribution is 8.13. The molecule has 0 fully saturated rings. The van der Waals surface area contributed by atoms with Crippen molar-refractivity contribution in [2.45, 2.75) is 20.8 Å². The second-order valence-electron chi connectivity index (χ2n) is 4.24. The van der Waals surface area contributed by atoms with Crippen LogP contribution in [0, 0.1) is 24.2 Å². The number of carbonyl (C=O) groups is 2. The van der Waals surface area contributed by atoms with Crippen molar-refractivity contribution in [3.8, 4) is 6.07 Å². The summed E-state index contributed by atoms with van der Waals surface area (Å²) in [6.45, 7) is 5.32. The van der Waals surface area contributed by atoms with E-state index in [-0.39, 0.29) is 22.8 Å². The van der Waals surface area contributed by atoms with E-state index in [1.165, 1.54) is 12.3 Å². The number of rotatable bonds is 4. The van der Waals surface area contributed by atoms with E-state index in [4.69, 9.17) is 5.26 Å². The lowest BCUT2D eigenvalue weighted by Crippen LogP contribution is -2.24. The van der Waals surface area contributed by atoms with Gasteiger partial charge in [-0.05, 0) is 13.0 Å². The summed E-state index contributed by atoms with van der Waals surface area (Å²) in [5, 5.41) is 11.5. The molecule has 1 aromatic heterocycles. The second kappa shape index (κ2) is 6.90. The largest absolute Gasteiger partial charge is 0.343 e. The molecule has 5 nitrogen and oxygen atoms in total. The van der Waals surface area contributed by atoms with Crippen LogP contribution in [0.1, 0.15) is 35.5 Å². The van der Waals surface area contributed by atoms with Crippen molar-refractivity contribution in [1.82, 2.24) is 10.3 Å². The molecule has 1 heterocycles. The van der Waals surface area contributed by atoms with Crippen molar-refractivity contribution in [2.24, 2.45) is 5.92 Å². The number of nitrogens with one attached hydrogen (secondary N) is 1. The number of carbonyl (C=O) groups excluding carboxylic acids is 2. The topological polar surface area (TPSA) is 82.8 Å². The summed E-state index contributed by atoms with van der Waals surface area (Å²) in [6, 6.07) is 3.47. The first-order chi connectivity index (χ1) is 8.95. The lowest BCUT2D eigenvalue weighted by atomic mass is 10.1. The first-order valence-electron chi connectivity index (χ1n) is 5.77. The Morgan fingerprint density at radius 1 is 1.53 bits per heavy atom. The lowest BCUT2D eigenvalue weighted by Gasteiger charge is -2.06. The third-order valence-corrected chi connectivity index (χ3v) is 3.43. The molecule has 0 aliphatic carbocycles. The molecular formula is C13H15N3O2S. The van der Waals surface area contributed by atoms with Gasteiger partial charge < -0.3 is 5.32 Å². The number of amides is 1. The van der Waals surface area contributed by atoms with Crippen LogP contribution in [0.3, 0.4) is 0 Å². The van der Waals surface area contributed by atoms with Crippen molar-refractivity contribution in [3.05, 3.63) is 29.1 Å². The Morgan fingerprint density at radius 3 is 2.79 bits per heavy atom. The van der Waals surface area contributed by atoms with Crippen molar-refractivity contribution < 1.29 is 9.59 Å². The van der Waals surface area contributed by atoms with Gasteiger partial charge in [0.25, 0.3) is 5.91 Å². The van der Waals surface area contributed by atoms with E-state index < -0.39 is 0 Å². The van der Waals surface area contributed by atoms with Crippen LogP contribution in [0.25, 0.3) is 0 Å². The third kappa shape index (κ3) is 4.38. The van der Waals surface area contributed by atoms with Crippen molar-refractivity contribution in [1.29, 1.82) is 5.26 Å². The van der Waals surface area contributed by atoms with E-state index in [1.54, 1.807) is 20.8 Å². The highest BCUT2D eigenvalue weighted by atomic mass is 32.2. The van der Waals surface area contributed by atoms with Crippen molar-refractivity contribution in [2.75, 3.05) is 5.88 Å². The second-order valence-corrected chi connectivity index (χ2v) is 5.22. The zero-order chi connectivity index (χ0) is 14.4. The molecule has 100 valence electrons. The molecule has 1 aromatic rings. The number of nitriles is 1. The zero-order valence-electron chi connectivity index (χ0n) is 11.1. The Morgan fingerprint density at radius 2 is 2.21 bits per heavy atom. The third-order valence-electron chi connectivity index (χ3n) is 2.39. The summed E-state index contributed by atoms with van der Waals surface area (Å²) in [5.41, 5.74) is 1.28. The lowest BCUT2D eigenvalue weighted by molar-refractivity contribution is -0.113. The van der Waals surface area contributed by atoms with Gasteiger partial charge in [0.05, 0.1) is 22.7 Å². The number of hydrogen-bond acceptors (Lipinski definition) is 5. The summed E-state index contributed by atoms with van der Waals surface area (Å²) in [7, 11) is 0. The Kier molecular flexibility index (Phi) is 5.52. The average molecular weight is 277 g/mol. The molecule has 0 saturated heterocycles. The summed E-state index contributed by atoms with van der Waals surface area (Å²) < 4.78 is 0. The van der Waals surface area contributed by atoms with Gasteiger partial charge in [-0.25, -0.2) is 0 Å². The van der Waals surface area contributed by atoms with Crippen LogP contribution in [0.2, 0.25) is 0 Å². The quantitative estimate of drug-likeness (QED) is 0.849. The average Bonchev–Trinajstić information content (AvgIpc) is 2.38. The van der Waals surface area contributed by atoms with Crippen LogP contribution in [0.4, 0.5) is 0 Å². The van der Waals surface area contributed by atoms with E-state index in [9.17, 15) is 9.59 Å². The molecule has 1 rings (SSSR count). The molecule has 0 aromatic carbocycles.